The van der Waals surface area contributed by atoms with E-state index in [0.29, 0.717) is 13.2 Å². The summed E-state index contributed by atoms with van der Waals surface area (Å²) in [4.78, 5) is 23.4. The van der Waals surface area contributed by atoms with Crippen LogP contribution in [0.1, 0.15) is 11.1 Å². The number of carbonyl (C=O) groups excluding carboxylic acids is 2. The zero-order valence-corrected chi connectivity index (χ0v) is 15.1. The highest BCUT2D eigenvalue weighted by Gasteiger charge is 2.04. The molecule has 140 valence electrons. The Bertz CT molecular complexity index is 767. The Hall–Kier alpha value is -3.34. The smallest absolute Gasteiger partial charge is 0.331 e. The van der Waals surface area contributed by atoms with Gasteiger partial charge in [0.15, 0.2) is 6.61 Å². The van der Waals surface area contributed by atoms with E-state index in [2.05, 4.69) is 11.9 Å². The lowest BCUT2D eigenvalue weighted by molar-refractivity contribution is -0.143. The lowest BCUT2D eigenvalue weighted by Crippen LogP contribution is -2.30. The SMILES string of the molecule is C=CCOc1ccc(/C=C/C(=O)OCC(=O)NCCc2ccccc2)cc1. The van der Waals surface area contributed by atoms with E-state index in [1.165, 1.54) is 6.08 Å². The summed E-state index contributed by atoms with van der Waals surface area (Å²) in [7, 11) is 0. The summed E-state index contributed by atoms with van der Waals surface area (Å²) in [5.74, 6) is -0.168. The second kappa shape index (κ2) is 11.3. The first-order valence-electron chi connectivity index (χ1n) is 8.66. The molecule has 2 aromatic rings. The Morgan fingerprint density at radius 3 is 2.48 bits per heavy atom. The predicted octanol–water partition coefficient (Wildman–Crippen LogP) is 3.17. The zero-order valence-electron chi connectivity index (χ0n) is 15.1. The van der Waals surface area contributed by atoms with Crippen LogP contribution in [0.4, 0.5) is 0 Å². The molecule has 0 spiro atoms. The molecular formula is C22H23NO4. The maximum Gasteiger partial charge on any atom is 0.331 e. The molecule has 0 saturated heterocycles. The van der Waals surface area contributed by atoms with Crippen molar-refractivity contribution in [1.29, 1.82) is 0 Å². The van der Waals surface area contributed by atoms with E-state index in [-0.39, 0.29) is 12.5 Å². The van der Waals surface area contributed by atoms with Crippen LogP contribution < -0.4 is 10.1 Å². The minimum absolute atomic E-state index is 0.299. The number of carbonyl (C=O) groups is 2. The molecule has 5 nitrogen and oxygen atoms in total. The van der Waals surface area contributed by atoms with Crippen LogP contribution >= 0.6 is 0 Å². The fraction of sp³-hybridized carbons (Fsp3) is 0.182. The maximum absolute atomic E-state index is 11.7. The topological polar surface area (TPSA) is 64.6 Å². The van der Waals surface area contributed by atoms with Crippen LogP contribution in [0.25, 0.3) is 6.08 Å². The molecule has 0 radical (unpaired) electrons. The van der Waals surface area contributed by atoms with E-state index in [1.54, 1.807) is 24.3 Å². The Morgan fingerprint density at radius 1 is 1.04 bits per heavy atom. The molecule has 1 N–H and O–H groups in total. The summed E-state index contributed by atoms with van der Waals surface area (Å²) in [5, 5.41) is 2.72. The third-order valence-corrected chi connectivity index (χ3v) is 3.58. The average molecular weight is 365 g/mol. The summed E-state index contributed by atoms with van der Waals surface area (Å²) in [5.41, 5.74) is 1.96. The minimum atomic E-state index is -0.569. The van der Waals surface area contributed by atoms with Crippen molar-refractivity contribution in [1.82, 2.24) is 5.32 Å². The molecule has 0 saturated carbocycles. The number of amides is 1. The van der Waals surface area contributed by atoms with Gasteiger partial charge >= 0.3 is 5.97 Å². The molecule has 0 fully saturated rings. The van der Waals surface area contributed by atoms with E-state index in [4.69, 9.17) is 9.47 Å². The van der Waals surface area contributed by atoms with Crippen molar-refractivity contribution in [3.8, 4) is 5.75 Å². The highest BCUT2D eigenvalue weighted by molar-refractivity contribution is 5.89. The molecular weight excluding hydrogens is 342 g/mol. The Morgan fingerprint density at radius 2 is 1.78 bits per heavy atom. The van der Waals surface area contributed by atoms with Gasteiger partial charge in [-0.05, 0) is 35.8 Å². The maximum atomic E-state index is 11.7. The summed E-state index contributed by atoms with van der Waals surface area (Å²) in [6, 6.07) is 17.1. The monoisotopic (exact) mass is 365 g/mol. The van der Waals surface area contributed by atoms with Crippen LogP contribution in [0.15, 0.2) is 73.3 Å². The highest BCUT2D eigenvalue weighted by Crippen LogP contribution is 2.13. The van der Waals surface area contributed by atoms with Gasteiger partial charge in [-0.1, -0.05) is 55.1 Å². The third kappa shape index (κ3) is 8.05. The Balaban J connectivity index is 1.66. The quantitative estimate of drug-likeness (QED) is 0.399. The molecule has 1 amide bonds. The van der Waals surface area contributed by atoms with Crippen LogP contribution in [0, 0.1) is 0 Å². The summed E-state index contributed by atoms with van der Waals surface area (Å²) in [6.45, 7) is 4.22. The van der Waals surface area contributed by atoms with Crippen LogP contribution in [0.5, 0.6) is 5.75 Å². The van der Waals surface area contributed by atoms with Crippen molar-refractivity contribution in [2.75, 3.05) is 19.8 Å². The molecule has 0 bridgehead atoms. The fourth-order valence-electron chi connectivity index (χ4n) is 2.22. The normalized spacial score (nSPS) is 10.4. The second-order valence-corrected chi connectivity index (χ2v) is 5.70. The molecule has 5 heteroatoms. The molecule has 2 rings (SSSR count). The van der Waals surface area contributed by atoms with Gasteiger partial charge in [0.05, 0.1) is 0 Å². The summed E-state index contributed by atoms with van der Waals surface area (Å²) < 4.78 is 10.3. The van der Waals surface area contributed by atoms with Gasteiger partial charge in [-0.25, -0.2) is 4.79 Å². The first-order valence-corrected chi connectivity index (χ1v) is 8.66. The third-order valence-electron chi connectivity index (χ3n) is 3.58. The standard InChI is InChI=1S/C22H23NO4/c1-2-16-26-20-11-8-19(9-12-20)10-13-22(25)27-17-21(24)23-15-14-18-6-4-3-5-7-18/h2-13H,1,14-17H2,(H,23,24)/b13-10+. The van der Waals surface area contributed by atoms with E-state index in [0.717, 1.165) is 23.3 Å². The molecule has 0 unspecified atom stereocenters. The molecule has 0 aliphatic heterocycles. The number of ether oxygens (including phenoxy) is 2. The molecule has 0 heterocycles. The lowest BCUT2D eigenvalue weighted by atomic mass is 10.1. The lowest BCUT2D eigenvalue weighted by Gasteiger charge is -2.05. The van der Waals surface area contributed by atoms with Crippen LogP contribution in [-0.4, -0.2) is 31.6 Å². The van der Waals surface area contributed by atoms with Crippen molar-refractivity contribution >= 4 is 18.0 Å². The van der Waals surface area contributed by atoms with Crippen molar-refractivity contribution in [3.63, 3.8) is 0 Å². The van der Waals surface area contributed by atoms with Crippen molar-refractivity contribution in [2.24, 2.45) is 0 Å². The van der Waals surface area contributed by atoms with Gasteiger partial charge in [-0.3, -0.25) is 4.79 Å². The molecule has 0 aliphatic carbocycles. The number of benzene rings is 2. The number of hydrogen-bond acceptors (Lipinski definition) is 4. The molecule has 2 aromatic carbocycles. The van der Waals surface area contributed by atoms with Crippen molar-refractivity contribution in [2.45, 2.75) is 6.42 Å². The first-order chi connectivity index (χ1) is 13.2. The van der Waals surface area contributed by atoms with E-state index < -0.39 is 5.97 Å². The average Bonchev–Trinajstić information content (AvgIpc) is 2.70. The molecule has 0 aliphatic rings. The summed E-state index contributed by atoms with van der Waals surface area (Å²) >= 11 is 0. The van der Waals surface area contributed by atoms with Crippen LogP contribution in [-0.2, 0) is 20.7 Å². The van der Waals surface area contributed by atoms with Crippen LogP contribution in [0.3, 0.4) is 0 Å². The summed E-state index contributed by atoms with van der Waals surface area (Å²) in [6.07, 6.45) is 5.30. The highest BCUT2D eigenvalue weighted by atomic mass is 16.5. The Labute approximate surface area is 159 Å². The van der Waals surface area contributed by atoms with Gasteiger partial charge in [0.2, 0.25) is 0 Å². The predicted molar refractivity (Wildman–Crippen MR) is 105 cm³/mol. The van der Waals surface area contributed by atoms with E-state index >= 15 is 0 Å². The van der Waals surface area contributed by atoms with Gasteiger partial charge in [-0.2, -0.15) is 0 Å². The van der Waals surface area contributed by atoms with Crippen LogP contribution in [0.2, 0.25) is 0 Å². The Kier molecular flexibility index (Phi) is 8.37. The van der Waals surface area contributed by atoms with Crippen molar-refractivity contribution in [3.05, 3.63) is 84.5 Å². The number of hydrogen-bond donors (Lipinski definition) is 1. The molecule has 0 atom stereocenters. The van der Waals surface area contributed by atoms with Gasteiger partial charge in [0.1, 0.15) is 12.4 Å². The van der Waals surface area contributed by atoms with E-state index in [1.807, 2.05) is 42.5 Å². The van der Waals surface area contributed by atoms with Crippen molar-refractivity contribution < 1.29 is 19.1 Å². The largest absolute Gasteiger partial charge is 0.490 e. The fourth-order valence-corrected chi connectivity index (χ4v) is 2.22. The zero-order chi connectivity index (χ0) is 19.3. The number of rotatable bonds is 10. The molecule has 0 aromatic heterocycles. The van der Waals surface area contributed by atoms with E-state index in [9.17, 15) is 9.59 Å². The first kappa shape index (κ1) is 20.0. The second-order valence-electron chi connectivity index (χ2n) is 5.70. The minimum Gasteiger partial charge on any atom is -0.490 e. The van der Waals surface area contributed by atoms with Gasteiger partial charge in [-0.15, -0.1) is 0 Å². The van der Waals surface area contributed by atoms with Gasteiger partial charge in [0, 0.05) is 12.6 Å². The van der Waals surface area contributed by atoms with Gasteiger partial charge < -0.3 is 14.8 Å². The number of nitrogens with one attached hydrogen (secondary N) is 1. The van der Waals surface area contributed by atoms with Gasteiger partial charge in [0.25, 0.3) is 5.91 Å². The molecule has 27 heavy (non-hydrogen) atoms. The number of esters is 1.